The number of fused-ring (bicyclic) bond motifs is 2. The molecule has 4 rings (SSSR count). The molecule has 1 aliphatic rings. The van der Waals surface area contributed by atoms with Crippen LogP contribution in [0.25, 0.3) is 10.9 Å². The SMILES string of the molecule is Cc1nc2ccc(C(=O)NCC3c4ccccc4CN3C)cc2c(=O)n1C. The van der Waals surface area contributed by atoms with Gasteiger partial charge in [-0.2, -0.15) is 0 Å². The van der Waals surface area contributed by atoms with E-state index in [4.69, 9.17) is 0 Å². The van der Waals surface area contributed by atoms with Crippen LogP contribution in [-0.4, -0.2) is 34.0 Å². The summed E-state index contributed by atoms with van der Waals surface area (Å²) in [7, 11) is 3.74. The number of amides is 1. The fourth-order valence-corrected chi connectivity index (χ4v) is 3.70. The van der Waals surface area contributed by atoms with Crippen LogP contribution < -0.4 is 10.9 Å². The largest absolute Gasteiger partial charge is 0.350 e. The number of aryl methyl sites for hydroxylation is 1. The van der Waals surface area contributed by atoms with Gasteiger partial charge in [0, 0.05) is 25.7 Å². The van der Waals surface area contributed by atoms with Crippen molar-refractivity contribution >= 4 is 16.8 Å². The zero-order valence-electron chi connectivity index (χ0n) is 15.7. The van der Waals surface area contributed by atoms with E-state index < -0.39 is 0 Å². The number of rotatable bonds is 3. The molecule has 0 spiro atoms. The average molecular weight is 362 g/mol. The maximum Gasteiger partial charge on any atom is 0.261 e. The van der Waals surface area contributed by atoms with Gasteiger partial charge in [0.2, 0.25) is 0 Å². The molecular formula is C21H22N4O2. The van der Waals surface area contributed by atoms with Gasteiger partial charge in [-0.1, -0.05) is 24.3 Å². The first kappa shape index (κ1) is 17.4. The third-order valence-corrected chi connectivity index (χ3v) is 5.38. The molecule has 1 unspecified atom stereocenters. The Balaban J connectivity index is 1.56. The Labute approximate surface area is 157 Å². The minimum absolute atomic E-state index is 0.142. The number of carbonyl (C=O) groups excluding carboxylic acids is 1. The first-order chi connectivity index (χ1) is 13.0. The smallest absolute Gasteiger partial charge is 0.261 e. The number of nitrogens with zero attached hydrogens (tertiary/aromatic N) is 3. The van der Waals surface area contributed by atoms with Crippen molar-refractivity contribution in [2.75, 3.05) is 13.6 Å². The van der Waals surface area contributed by atoms with Crippen LogP contribution in [0.5, 0.6) is 0 Å². The van der Waals surface area contributed by atoms with Crippen LogP contribution in [0.1, 0.15) is 33.4 Å². The van der Waals surface area contributed by atoms with Gasteiger partial charge in [0.1, 0.15) is 5.82 Å². The van der Waals surface area contributed by atoms with E-state index in [2.05, 4.69) is 34.4 Å². The lowest BCUT2D eigenvalue weighted by atomic mass is 10.0. The minimum atomic E-state index is -0.183. The number of hydrogen-bond donors (Lipinski definition) is 1. The second kappa shape index (κ2) is 6.63. The van der Waals surface area contributed by atoms with Crippen molar-refractivity contribution < 1.29 is 4.79 Å². The summed E-state index contributed by atoms with van der Waals surface area (Å²) in [6, 6.07) is 13.5. The summed E-state index contributed by atoms with van der Waals surface area (Å²) in [5, 5.41) is 3.47. The number of aromatic nitrogens is 2. The second-order valence-electron chi connectivity index (χ2n) is 7.09. The van der Waals surface area contributed by atoms with Crippen LogP contribution in [0.15, 0.2) is 47.3 Å². The molecule has 0 aliphatic carbocycles. The highest BCUT2D eigenvalue weighted by atomic mass is 16.1. The number of nitrogens with one attached hydrogen (secondary N) is 1. The predicted octanol–water partition coefficient (Wildman–Crippen LogP) is 2.16. The van der Waals surface area contributed by atoms with E-state index in [0.29, 0.717) is 28.8 Å². The van der Waals surface area contributed by atoms with Gasteiger partial charge in [0.15, 0.2) is 0 Å². The molecule has 138 valence electrons. The van der Waals surface area contributed by atoms with E-state index in [-0.39, 0.29) is 17.5 Å². The van der Waals surface area contributed by atoms with Crippen molar-refractivity contribution in [1.29, 1.82) is 0 Å². The fourth-order valence-electron chi connectivity index (χ4n) is 3.70. The van der Waals surface area contributed by atoms with Crippen molar-refractivity contribution in [3.8, 4) is 0 Å². The molecule has 2 aromatic carbocycles. The summed E-state index contributed by atoms with van der Waals surface area (Å²) in [6.07, 6.45) is 0. The molecule has 6 heteroatoms. The highest BCUT2D eigenvalue weighted by Crippen LogP contribution is 2.31. The molecule has 1 aliphatic heterocycles. The number of hydrogen-bond acceptors (Lipinski definition) is 4. The van der Waals surface area contributed by atoms with Crippen LogP contribution in [-0.2, 0) is 13.6 Å². The summed E-state index contributed by atoms with van der Waals surface area (Å²) in [5.41, 5.74) is 3.50. The molecule has 6 nitrogen and oxygen atoms in total. The summed E-state index contributed by atoms with van der Waals surface area (Å²) in [4.78, 5) is 31.8. The van der Waals surface area contributed by atoms with E-state index in [9.17, 15) is 9.59 Å². The Morgan fingerprint density at radius 2 is 2.00 bits per heavy atom. The van der Waals surface area contributed by atoms with Gasteiger partial charge >= 0.3 is 0 Å². The Kier molecular flexibility index (Phi) is 4.28. The van der Waals surface area contributed by atoms with Gasteiger partial charge in [-0.3, -0.25) is 19.1 Å². The van der Waals surface area contributed by atoms with Crippen molar-refractivity contribution in [3.63, 3.8) is 0 Å². The molecule has 0 radical (unpaired) electrons. The first-order valence-corrected chi connectivity index (χ1v) is 8.99. The Bertz CT molecular complexity index is 1100. The van der Waals surface area contributed by atoms with Gasteiger partial charge in [-0.25, -0.2) is 4.98 Å². The summed E-state index contributed by atoms with van der Waals surface area (Å²) < 4.78 is 1.49. The lowest BCUT2D eigenvalue weighted by Crippen LogP contribution is -2.33. The fraction of sp³-hybridized carbons (Fsp3) is 0.286. The predicted molar refractivity (Wildman–Crippen MR) is 105 cm³/mol. The molecule has 0 bridgehead atoms. The first-order valence-electron chi connectivity index (χ1n) is 8.99. The lowest BCUT2D eigenvalue weighted by molar-refractivity contribution is 0.0941. The molecular weight excluding hydrogens is 340 g/mol. The van der Waals surface area contributed by atoms with Gasteiger partial charge in [0.05, 0.1) is 16.9 Å². The van der Waals surface area contributed by atoms with Crippen LogP contribution in [0.3, 0.4) is 0 Å². The van der Waals surface area contributed by atoms with E-state index >= 15 is 0 Å². The molecule has 0 saturated heterocycles. The topological polar surface area (TPSA) is 67.2 Å². The molecule has 3 aromatic rings. The molecule has 27 heavy (non-hydrogen) atoms. The molecule has 2 heterocycles. The number of benzene rings is 2. The quantitative estimate of drug-likeness (QED) is 0.775. The molecule has 0 saturated carbocycles. The molecule has 0 fully saturated rings. The van der Waals surface area contributed by atoms with Crippen LogP contribution in [0, 0.1) is 6.92 Å². The van der Waals surface area contributed by atoms with Crippen molar-refractivity contribution in [2.45, 2.75) is 19.5 Å². The van der Waals surface area contributed by atoms with E-state index in [1.807, 2.05) is 12.1 Å². The normalized spacial score (nSPS) is 16.5. The maximum atomic E-state index is 12.7. The third kappa shape index (κ3) is 3.02. The zero-order chi connectivity index (χ0) is 19.1. The van der Waals surface area contributed by atoms with E-state index in [1.54, 1.807) is 32.2 Å². The average Bonchev–Trinajstić information content (AvgIpc) is 2.99. The van der Waals surface area contributed by atoms with Gasteiger partial charge in [-0.05, 0) is 43.3 Å². The third-order valence-electron chi connectivity index (χ3n) is 5.38. The van der Waals surface area contributed by atoms with Crippen LogP contribution in [0.2, 0.25) is 0 Å². The molecule has 1 aromatic heterocycles. The standard InChI is InChI=1S/C21H22N4O2/c1-13-23-18-9-8-14(10-17(18)21(27)25(13)3)20(26)22-11-19-16-7-5-4-6-15(16)12-24(19)2/h4-10,19H,11-12H2,1-3H3,(H,22,26). The second-order valence-corrected chi connectivity index (χ2v) is 7.09. The summed E-state index contributed by atoms with van der Waals surface area (Å²) in [5.74, 6) is 0.463. The van der Waals surface area contributed by atoms with Crippen molar-refractivity contribution in [2.24, 2.45) is 7.05 Å². The Morgan fingerprint density at radius 1 is 1.22 bits per heavy atom. The highest BCUT2D eigenvalue weighted by Gasteiger charge is 2.27. The van der Waals surface area contributed by atoms with Gasteiger partial charge in [-0.15, -0.1) is 0 Å². The van der Waals surface area contributed by atoms with Crippen LogP contribution >= 0.6 is 0 Å². The highest BCUT2D eigenvalue weighted by molar-refractivity contribution is 5.97. The van der Waals surface area contributed by atoms with Crippen molar-refractivity contribution in [3.05, 3.63) is 75.3 Å². The van der Waals surface area contributed by atoms with Gasteiger partial charge in [0.25, 0.3) is 11.5 Å². The molecule has 1 N–H and O–H groups in total. The monoisotopic (exact) mass is 362 g/mol. The Hall–Kier alpha value is -2.99. The number of carbonyl (C=O) groups is 1. The molecule has 1 atom stereocenters. The van der Waals surface area contributed by atoms with E-state index in [0.717, 1.165) is 6.54 Å². The zero-order valence-corrected chi connectivity index (χ0v) is 15.7. The maximum absolute atomic E-state index is 12.7. The lowest BCUT2D eigenvalue weighted by Gasteiger charge is -2.21. The summed E-state index contributed by atoms with van der Waals surface area (Å²) >= 11 is 0. The van der Waals surface area contributed by atoms with Crippen molar-refractivity contribution in [1.82, 2.24) is 19.8 Å². The van der Waals surface area contributed by atoms with Gasteiger partial charge < -0.3 is 5.32 Å². The van der Waals surface area contributed by atoms with Crippen LogP contribution in [0.4, 0.5) is 0 Å². The number of likely N-dealkylation sites (N-methyl/N-ethyl adjacent to an activating group) is 1. The Morgan fingerprint density at radius 3 is 2.81 bits per heavy atom. The molecule has 1 amide bonds. The minimum Gasteiger partial charge on any atom is -0.350 e. The summed E-state index contributed by atoms with van der Waals surface area (Å²) in [6.45, 7) is 3.19. The van der Waals surface area contributed by atoms with E-state index in [1.165, 1.54) is 15.7 Å².